The van der Waals surface area contributed by atoms with E-state index in [2.05, 4.69) is 335 Å². The van der Waals surface area contributed by atoms with E-state index in [1.165, 1.54) is 71.0 Å². The maximum Gasteiger partial charge on any atom is 0.255 e. The van der Waals surface area contributed by atoms with Crippen molar-refractivity contribution >= 4 is 0 Å². The van der Waals surface area contributed by atoms with Crippen LogP contribution in [0.5, 0.6) is 0 Å². The molecule has 2 saturated carbocycles. The number of methoxy groups -OCH3 is 2. The zero-order valence-corrected chi connectivity index (χ0v) is 87.0. The lowest BCUT2D eigenvalue weighted by atomic mass is 9.87. The van der Waals surface area contributed by atoms with Gasteiger partial charge in [-0.05, 0) is 299 Å². The summed E-state index contributed by atoms with van der Waals surface area (Å²) in [6, 6.07) is 12.0. The van der Waals surface area contributed by atoms with E-state index in [0.717, 1.165) is 134 Å². The van der Waals surface area contributed by atoms with Crippen LogP contribution in [0, 0.1) is 81.8 Å². The number of rotatable bonds is 19. The molecule has 0 bridgehead atoms. The van der Waals surface area contributed by atoms with Gasteiger partial charge in [0.15, 0.2) is 0 Å². The van der Waals surface area contributed by atoms with Crippen LogP contribution in [0.15, 0.2) is 0 Å². The number of hydrogen-bond donors (Lipinski definition) is 1. The first kappa shape index (κ1) is 111. The molecule has 11 aliphatic rings. The molecular formula is C103H208F3N9O3. The molecule has 18 atom stereocenters. The molecular weight excluding hydrogens is 1470 g/mol. The number of nitrogens with zero attached hydrogens (tertiary/aromatic N) is 9. The van der Waals surface area contributed by atoms with Crippen molar-refractivity contribution in [3.63, 3.8) is 0 Å². The molecule has 0 amide bonds. The Balaban J connectivity index is 0.000000344. The second-order valence-electron chi connectivity index (χ2n) is 48.4. The molecule has 0 radical (unpaired) electrons. The Bertz CT molecular complexity index is 2580. The van der Waals surface area contributed by atoms with Crippen molar-refractivity contribution in [2.45, 2.75) is 518 Å². The largest absolute Gasteiger partial charge is 0.392 e. The summed E-state index contributed by atoms with van der Waals surface area (Å²) in [4.78, 5) is 23.0. The van der Waals surface area contributed by atoms with Crippen molar-refractivity contribution in [3.8, 4) is 0 Å². The van der Waals surface area contributed by atoms with Gasteiger partial charge in [0.05, 0.1) is 24.2 Å². The summed E-state index contributed by atoms with van der Waals surface area (Å²) in [5.74, 6) is 6.73. The van der Waals surface area contributed by atoms with E-state index >= 15 is 0 Å². The molecule has 1 spiro atoms. The normalized spacial score (nSPS) is 33.5. The van der Waals surface area contributed by atoms with Crippen LogP contribution < -0.4 is 0 Å². The van der Waals surface area contributed by atoms with E-state index in [1.54, 1.807) is 6.92 Å². The highest BCUT2D eigenvalue weighted by molar-refractivity contribution is 5.17. The number of ether oxygens (including phenoxy) is 2. The third kappa shape index (κ3) is 32.8. The average molecular weight is 1680 g/mol. The molecule has 2 aliphatic carbocycles. The quantitative estimate of drug-likeness (QED) is 0.134. The number of hydrogen-bond acceptors (Lipinski definition) is 12. The third-order valence-electron chi connectivity index (χ3n) is 29.6. The second kappa shape index (κ2) is 47.6. The Hall–Kier alpha value is -0.690. The fraction of sp³-hybridized carbons (Fsp3) is 1.00. The molecule has 704 valence electrons. The van der Waals surface area contributed by atoms with Crippen molar-refractivity contribution in [2.75, 3.05) is 66.6 Å². The van der Waals surface area contributed by atoms with Crippen LogP contribution >= 0.6 is 0 Å². The summed E-state index contributed by atoms with van der Waals surface area (Å²) in [7, 11) is 3.63. The summed E-state index contributed by atoms with van der Waals surface area (Å²) in [6.45, 7) is 106. The lowest BCUT2D eigenvalue weighted by molar-refractivity contribution is 0.0648. The molecule has 1 N–H and O–H groups in total. The van der Waals surface area contributed by atoms with E-state index < -0.39 is 17.0 Å². The lowest BCUT2D eigenvalue weighted by Crippen LogP contribution is -2.48. The zero-order valence-electron chi connectivity index (χ0n) is 87.0. The number of halogens is 3. The number of aliphatic hydroxyl groups is 1. The van der Waals surface area contributed by atoms with Crippen molar-refractivity contribution in [3.05, 3.63) is 0 Å². The lowest BCUT2D eigenvalue weighted by Gasteiger charge is -2.41. The van der Waals surface area contributed by atoms with Crippen molar-refractivity contribution < 1.29 is 27.8 Å². The number of fused-ring (bicyclic) bond motifs is 1. The van der Waals surface area contributed by atoms with E-state index in [4.69, 9.17) is 9.47 Å². The van der Waals surface area contributed by atoms with Gasteiger partial charge in [-0.2, -0.15) is 0 Å². The maximum atomic E-state index is 13.8. The van der Waals surface area contributed by atoms with Crippen molar-refractivity contribution in [1.82, 2.24) is 44.1 Å². The number of likely N-dealkylation sites (tertiary alicyclic amines) is 9. The average Bonchev–Trinajstić information content (AvgIpc) is 1.53. The zero-order chi connectivity index (χ0) is 91.2. The highest BCUT2D eigenvalue weighted by atomic mass is 19.3. The van der Waals surface area contributed by atoms with Crippen LogP contribution in [0.4, 0.5) is 13.2 Å². The van der Waals surface area contributed by atoms with Crippen molar-refractivity contribution in [1.29, 1.82) is 0 Å². The monoisotopic (exact) mass is 1680 g/mol. The second-order valence-corrected chi connectivity index (χ2v) is 48.4. The van der Waals surface area contributed by atoms with Gasteiger partial charge in [-0.25, -0.2) is 13.2 Å². The number of β-amino-alcohol motifs (C(OH)–C–C–N with tert-alkyl or cyclic N) is 1. The predicted octanol–water partition coefficient (Wildman–Crippen LogP) is 24.1. The van der Waals surface area contributed by atoms with E-state index in [1.807, 2.05) is 14.2 Å². The molecule has 118 heavy (non-hydrogen) atoms. The molecule has 11 rings (SSSR count). The molecule has 11 fully saturated rings. The fourth-order valence-electron chi connectivity index (χ4n) is 23.0. The minimum Gasteiger partial charge on any atom is -0.392 e. The SMILES string of the molecule is CC(C)C1CC(C)(C)CN1C(C)(C)C.CC(C)C1CC(C)(F)CN1C(C)C.CC(C)C1CC(O)CN1C(C)C.CC(C)C1CC2(CN1C(C)C)CC2(F)F.CC(C)C1CC2CC2N1C(C)(C)C.CC(C)C1CCC(C)N1C(C)C.CC1CC(C(C)C)N(C(C)C)C1.COC1CC(C(C)C)N(C(C)C)C1.COCC1CC(C(C)C)N(C(C)C)C1. The highest BCUT2D eigenvalue weighted by Gasteiger charge is 2.74. The Morgan fingerprint density at radius 3 is 1.11 bits per heavy atom. The summed E-state index contributed by atoms with van der Waals surface area (Å²) >= 11 is 0. The first-order valence-corrected chi connectivity index (χ1v) is 49.5. The van der Waals surface area contributed by atoms with Gasteiger partial charge in [0, 0.05) is 186 Å². The van der Waals surface area contributed by atoms with Crippen molar-refractivity contribution in [2.24, 2.45) is 81.8 Å². The van der Waals surface area contributed by atoms with Gasteiger partial charge < -0.3 is 14.6 Å². The fourth-order valence-corrected chi connectivity index (χ4v) is 23.0. The van der Waals surface area contributed by atoms with Crippen LogP contribution in [0.1, 0.15) is 375 Å². The molecule has 0 aromatic carbocycles. The van der Waals surface area contributed by atoms with E-state index in [-0.39, 0.29) is 12.5 Å². The number of alkyl halides is 3. The van der Waals surface area contributed by atoms with Gasteiger partial charge >= 0.3 is 0 Å². The molecule has 15 heteroatoms. The molecule has 12 nitrogen and oxygen atoms in total. The first-order chi connectivity index (χ1) is 53.9. The molecule has 9 saturated heterocycles. The van der Waals surface area contributed by atoms with Crippen LogP contribution in [-0.4, -0.2) is 259 Å². The van der Waals surface area contributed by atoms with Gasteiger partial charge in [0.1, 0.15) is 5.67 Å². The summed E-state index contributed by atoms with van der Waals surface area (Å²) in [6.07, 6.45) is 13.8. The topological polar surface area (TPSA) is 67.9 Å². The first-order valence-electron chi connectivity index (χ1n) is 49.5. The molecule has 18 unspecified atom stereocenters. The van der Waals surface area contributed by atoms with Gasteiger partial charge in [-0.15, -0.1) is 0 Å². The smallest absolute Gasteiger partial charge is 0.255 e. The Morgan fingerprint density at radius 2 is 0.788 bits per heavy atom. The highest BCUT2D eigenvalue weighted by Crippen LogP contribution is 2.67. The third-order valence-corrected chi connectivity index (χ3v) is 29.6. The van der Waals surface area contributed by atoms with E-state index in [9.17, 15) is 18.3 Å². The number of aliphatic hydroxyl groups excluding tert-OH is 1. The summed E-state index contributed by atoms with van der Waals surface area (Å²) in [5.41, 5.74) is -0.429. The van der Waals surface area contributed by atoms with Gasteiger partial charge in [0.2, 0.25) is 0 Å². The minimum atomic E-state index is -2.39. The Labute approximate surface area is 734 Å². The predicted molar refractivity (Wildman–Crippen MR) is 508 cm³/mol. The molecule has 0 aromatic rings. The Morgan fingerprint density at radius 1 is 0.390 bits per heavy atom. The Kier molecular flexibility index (Phi) is 44.9. The van der Waals surface area contributed by atoms with E-state index in [0.29, 0.717) is 121 Å². The van der Waals surface area contributed by atoms with Crippen LogP contribution in [0.25, 0.3) is 0 Å². The summed E-state index contributed by atoms with van der Waals surface area (Å²) in [5, 5.41) is 9.53. The molecule has 9 aliphatic heterocycles. The minimum absolute atomic E-state index is 0.0974. The standard InChI is InChI=1S/C13H27N.C12H21F2N.C12H25NO.C12H23N.C11H22FN.C11H23NO.2C11H23N.C10H21NO/c1-10(2)11-8-13(6,7)9-14(11)12(3,4)5;1-8(2)10-5-11(6-12(11,13)14)7-15(10)9(3)4;1-9(2)12-6-11(8-14-5)7-13(12)10(3)4;1-8(2)10-6-9-7-11(9)13(10)12(3,4)5;1-8(2)10-6-11(5,12)7-13(10)9(3)4;1-8(2)11-6-10(13-5)7-12(11)9(3)4;1-8(2)11-6-10(5)7-12(11)9(3)4;1-8(2)11-7-6-10(5)12(11)9(3)4;1-7(2)10-5-9(12)6-11(10)8(3)4/h10-11H,8-9H2,1-7H3;8-10H,5-7H2,1-4H3;9-12H,6-8H2,1-5H3;8-11H,6-7H2,1-5H3;8-10H,6-7H2,1-5H3;8-11H,6-7H2,1-5H3;2*8-11H,6-7H2,1-5H3;7-10,12H,5-6H2,1-4H3. The van der Waals surface area contributed by atoms with Gasteiger partial charge in [-0.3, -0.25) is 44.1 Å². The summed E-state index contributed by atoms with van der Waals surface area (Å²) < 4.78 is 51.2. The number of piperidine rings is 1. The van der Waals surface area contributed by atoms with Gasteiger partial charge in [-0.1, -0.05) is 145 Å². The molecule has 9 heterocycles. The molecule has 0 aromatic heterocycles. The maximum absolute atomic E-state index is 13.8. The van der Waals surface area contributed by atoms with Crippen LogP contribution in [0.3, 0.4) is 0 Å². The van der Waals surface area contributed by atoms with Gasteiger partial charge in [0.25, 0.3) is 5.92 Å². The van der Waals surface area contributed by atoms with Crippen LogP contribution in [0.2, 0.25) is 0 Å². The van der Waals surface area contributed by atoms with Crippen LogP contribution in [-0.2, 0) is 9.47 Å².